The first-order valence-corrected chi connectivity index (χ1v) is 5.60. The van der Waals surface area contributed by atoms with E-state index in [-0.39, 0.29) is 0 Å². The van der Waals surface area contributed by atoms with Crippen LogP contribution in [0, 0.1) is 5.92 Å². The summed E-state index contributed by atoms with van der Waals surface area (Å²) >= 11 is 1.44. The number of aliphatic hydroxyl groups is 1. The smallest absolute Gasteiger partial charge is 0.205 e. The quantitative estimate of drug-likeness (QED) is 0.785. The van der Waals surface area contributed by atoms with E-state index in [0.717, 1.165) is 11.6 Å². The highest BCUT2D eigenvalue weighted by molar-refractivity contribution is 7.13. The standard InChI is InChI=1S/C9H17N3OS/c1-7(2)4-9(3,13)5-10-8-12-11-6-14-8/h6-7,13H,4-5H2,1-3H3,(H,10,12). The first-order valence-electron chi connectivity index (χ1n) is 4.72. The molecule has 80 valence electrons. The number of rotatable bonds is 5. The third-order valence-corrected chi connectivity index (χ3v) is 2.48. The van der Waals surface area contributed by atoms with Crippen LogP contribution in [-0.2, 0) is 0 Å². The lowest BCUT2D eigenvalue weighted by molar-refractivity contribution is 0.0515. The summed E-state index contributed by atoms with van der Waals surface area (Å²) in [6.45, 7) is 6.54. The van der Waals surface area contributed by atoms with Gasteiger partial charge < -0.3 is 10.4 Å². The Morgan fingerprint density at radius 2 is 2.36 bits per heavy atom. The Labute approximate surface area is 88.4 Å². The second kappa shape index (κ2) is 4.70. The van der Waals surface area contributed by atoms with Gasteiger partial charge in [-0.15, -0.1) is 10.2 Å². The molecule has 0 fully saturated rings. The van der Waals surface area contributed by atoms with Crippen LogP contribution in [0.1, 0.15) is 27.2 Å². The molecule has 0 aromatic carbocycles. The predicted molar refractivity (Wildman–Crippen MR) is 58.5 cm³/mol. The second-order valence-corrected chi connectivity index (χ2v) is 5.03. The molecule has 0 saturated carbocycles. The number of anilines is 1. The first-order chi connectivity index (χ1) is 6.49. The molecular formula is C9H17N3OS. The third-order valence-electron chi connectivity index (χ3n) is 1.83. The average molecular weight is 215 g/mol. The van der Waals surface area contributed by atoms with Crippen LogP contribution in [0.4, 0.5) is 5.13 Å². The Kier molecular flexibility index (Phi) is 3.83. The topological polar surface area (TPSA) is 58.0 Å². The molecule has 1 unspecified atom stereocenters. The molecule has 0 aliphatic heterocycles. The monoisotopic (exact) mass is 215 g/mol. The van der Waals surface area contributed by atoms with Crippen LogP contribution in [0.15, 0.2) is 5.51 Å². The van der Waals surface area contributed by atoms with E-state index in [9.17, 15) is 5.11 Å². The number of hydrogen-bond donors (Lipinski definition) is 2. The summed E-state index contributed by atoms with van der Waals surface area (Å²) in [4.78, 5) is 0. The van der Waals surface area contributed by atoms with Crippen molar-refractivity contribution in [1.82, 2.24) is 10.2 Å². The lowest BCUT2D eigenvalue weighted by atomic mass is 9.94. The zero-order valence-corrected chi connectivity index (χ0v) is 9.64. The normalized spacial score (nSPS) is 15.5. The molecule has 1 heterocycles. The van der Waals surface area contributed by atoms with E-state index in [1.54, 1.807) is 5.51 Å². The minimum absolute atomic E-state index is 0.487. The Bertz CT molecular complexity index is 259. The van der Waals surface area contributed by atoms with E-state index in [4.69, 9.17) is 0 Å². The molecule has 14 heavy (non-hydrogen) atoms. The summed E-state index contributed by atoms with van der Waals surface area (Å²) in [7, 11) is 0. The van der Waals surface area contributed by atoms with Gasteiger partial charge in [0.2, 0.25) is 5.13 Å². The van der Waals surface area contributed by atoms with Crippen molar-refractivity contribution in [3.63, 3.8) is 0 Å². The van der Waals surface area contributed by atoms with Gasteiger partial charge in [0.15, 0.2) is 0 Å². The molecule has 1 aromatic heterocycles. The van der Waals surface area contributed by atoms with E-state index < -0.39 is 5.60 Å². The summed E-state index contributed by atoms with van der Waals surface area (Å²) in [6.07, 6.45) is 0.777. The fraction of sp³-hybridized carbons (Fsp3) is 0.778. The van der Waals surface area contributed by atoms with E-state index >= 15 is 0 Å². The van der Waals surface area contributed by atoms with Crippen LogP contribution in [0.25, 0.3) is 0 Å². The molecule has 1 rings (SSSR count). The van der Waals surface area contributed by atoms with Gasteiger partial charge in [-0.2, -0.15) is 0 Å². The van der Waals surface area contributed by atoms with Gasteiger partial charge in [-0.1, -0.05) is 25.2 Å². The summed E-state index contributed by atoms with van der Waals surface area (Å²) in [6, 6.07) is 0. The Hall–Kier alpha value is -0.680. The molecule has 0 bridgehead atoms. The fourth-order valence-electron chi connectivity index (χ4n) is 1.47. The molecule has 0 aliphatic rings. The van der Waals surface area contributed by atoms with Crippen LogP contribution in [0.5, 0.6) is 0 Å². The number of nitrogens with one attached hydrogen (secondary N) is 1. The van der Waals surface area contributed by atoms with Gasteiger partial charge in [-0.05, 0) is 19.3 Å². The van der Waals surface area contributed by atoms with E-state index in [0.29, 0.717) is 12.5 Å². The van der Waals surface area contributed by atoms with Crippen molar-refractivity contribution in [2.75, 3.05) is 11.9 Å². The van der Waals surface area contributed by atoms with Crippen molar-refractivity contribution in [2.24, 2.45) is 5.92 Å². The molecule has 0 amide bonds. The Balaban J connectivity index is 2.36. The molecule has 1 atom stereocenters. The maximum Gasteiger partial charge on any atom is 0.205 e. The summed E-state index contributed by atoms with van der Waals surface area (Å²) < 4.78 is 0. The lowest BCUT2D eigenvalue weighted by Crippen LogP contribution is -2.34. The highest BCUT2D eigenvalue weighted by Crippen LogP contribution is 2.17. The highest BCUT2D eigenvalue weighted by Gasteiger charge is 2.21. The molecule has 0 saturated heterocycles. The predicted octanol–water partition coefficient (Wildman–Crippen LogP) is 1.75. The maximum absolute atomic E-state index is 9.98. The summed E-state index contributed by atoms with van der Waals surface area (Å²) in [5.74, 6) is 0.487. The molecule has 1 aromatic rings. The largest absolute Gasteiger partial charge is 0.388 e. The van der Waals surface area contributed by atoms with Crippen molar-refractivity contribution in [3.05, 3.63) is 5.51 Å². The summed E-state index contributed by atoms with van der Waals surface area (Å²) in [5, 5.41) is 21.4. The van der Waals surface area contributed by atoms with Crippen LogP contribution < -0.4 is 5.32 Å². The van der Waals surface area contributed by atoms with Gasteiger partial charge in [0.05, 0.1) is 5.60 Å². The zero-order chi connectivity index (χ0) is 10.6. The van der Waals surface area contributed by atoms with Crippen LogP contribution in [0.2, 0.25) is 0 Å². The highest BCUT2D eigenvalue weighted by atomic mass is 32.1. The molecule has 5 heteroatoms. The van der Waals surface area contributed by atoms with Crippen molar-refractivity contribution in [2.45, 2.75) is 32.8 Å². The van der Waals surface area contributed by atoms with Crippen molar-refractivity contribution in [3.8, 4) is 0 Å². The Morgan fingerprint density at radius 3 is 2.86 bits per heavy atom. The van der Waals surface area contributed by atoms with E-state index in [1.807, 2.05) is 6.92 Å². The zero-order valence-electron chi connectivity index (χ0n) is 8.82. The van der Waals surface area contributed by atoms with E-state index in [2.05, 4.69) is 29.4 Å². The number of aromatic nitrogens is 2. The van der Waals surface area contributed by atoms with Gasteiger partial charge in [0.1, 0.15) is 5.51 Å². The van der Waals surface area contributed by atoms with Crippen LogP contribution in [0.3, 0.4) is 0 Å². The van der Waals surface area contributed by atoms with Crippen LogP contribution in [-0.4, -0.2) is 27.4 Å². The first kappa shape index (κ1) is 11.4. The molecule has 0 spiro atoms. The number of nitrogens with zero attached hydrogens (tertiary/aromatic N) is 2. The Morgan fingerprint density at radius 1 is 1.64 bits per heavy atom. The van der Waals surface area contributed by atoms with Crippen molar-refractivity contribution < 1.29 is 5.11 Å². The number of hydrogen-bond acceptors (Lipinski definition) is 5. The van der Waals surface area contributed by atoms with Crippen molar-refractivity contribution in [1.29, 1.82) is 0 Å². The van der Waals surface area contributed by atoms with Gasteiger partial charge in [0, 0.05) is 6.54 Å². The average Bonchev–Trinajstić information content (AvgIpc) is 2.50. The SMILES string of the molecule is CC(C)CC(C)(O)CNc1nncs1. The fourth-order valence-corrected chi connectivity index (χ4v) is 1.91. The van der Waals surface area contributed by atoms with Gasteiger partial charge >= 0.3 is 0 Å². The molecular weight excluding hydrogens is 198 g/mol. The molecule has 0 aliphatic carbocycles. The van der Waals surface area contributed by atoms with Gasteiger partial charge in [-0.3, -0.25) is 0 Å². The lowest BCUT2D eigenvalue weighted by Gasteiger charge is -2.25. The van der Waals surface area contributed by atoms with Gasteiger partial charge in [-0.25, -0.2) is 0 Å². The third kappa shape index (κ3) is 4.02. The van der Waals surface area contributed by atoms with Crippen molar-refractivity contribution >= 4 is 16.5 Å². The molecule has 4 nitrogen and oxygen atoms in total. The maximum atomic E-state index is 9.98. The molecule has 0 radical (unpaired) electrons. The van der Waals surface area contributed by atoms with Crippen LogP contribution >= 0.6 is 11.3 Å². The second-order valence-electron chi connectivity index (χ2n) is 4.19. The van der Waals surface area contributed by atoms with E-state index in [1.165, 1.54) is 11.3 Å². The van der Waals surface area contributed by atoms with Gasteiger partial charge in [0.25, 0.3) is 0 Å². The minimum atomic E-state index is -0.681. The molecule has 2 N–H and O–H groups in total. The minimum Gasteiger partial charge on any atom is -0.388 e. The summed E-state index contributed by atoms with van der Waals surface area (Å²) in [5.41, 5.74) is 0.985.